The normalized spacial score (nSPS) is 21.0. The van der Waals surface area contributed by atoms with Crippen LogP contribution in [0.2, 0.25) is 0 Å². The molecule has 1 aromatic heterocycles. The molecule has 0 bridgehead atoms. The summed E-state index contributed by atoms with van der Waals surface area (Å²) >= 11 is 1.70. The van der Waals surface area contributed by atoms with Crippen LogP contribution in [0, 0.1) is 0 Å². The third-order valence-corrected chi connectivity index (χ3v) is 3.23. The summed E-state index contributed by atoms with van der Waals surface area (Å²) in [7, 11) is 0. The van der Waals surface area contributed by atoms with Crippen LogP contribution >= 0.6 is 11.8 Å². The number of aliphatic imine (C=N–C) groups is 1. The standard InChI is InChI=1S/C10H13N3S/c1-2-8-4-3-7(5-12-8)10-13-9(11)6-14-10/h3-5,9H,2,6,11H2,1H3. The summed E-state index contributed by atoms with van der Waals surface area (Å²) < 4.78 is 0. The van der Waals surface area contributed by atoms with E-state index < -0.39 is 0 Å². The van der Waals surface area contributed by atoms with Crippen molar-refractivity contribution in [3.8, 4) is 0 Å². The van der Waals surface area contributed by atoms with E-state index in [4.69, 9.17) is 5.73 Å². The van der Waals surface area contributed by atoms with Crippen LogP contribution in [0.15, 0.2) is 23.3 Å². The number of nitrogens with zero attached hydrogens (tertiary/aromatic N) is 2. The Hall–Kier alpha value is -0.870. The maximum Gasteiger partial charge on any atom is 0.108 e. The lowest BCUT2D eigenvalue weighted by atomic mass is 10.2. The predicted molar refractivity (Wildman–Crippen MR) is 60.6 cm³/mol. The zero-order valence-electron chi connectivity index (χ0n) is 8.10. The zero-order valence-corrected chi connectivity index (χ0v) is 8.92. The summed E-state index contributed by atoms with van der Waals surface area (Å²) in [5.41, 5.74) is 7.89. The van der Waals surface area contributed by atoms with Gasteiger partial charge in [0.15, 0.2) is 0 Å². The fourth-order valence-electron chi connectivity index (χ4n) is 1.31. The van der Waals surface area contributed by atoms with Crippen molar-refractivity contribution in [2.24, 2.45) is 10.7 Å². The molecule has 1 aliphatic heterocycles. The van der Waals surface area contributed by atoms with Crippen LogP contribution in [0.4, 0.5) is 0 Å². The first kappa shape index (κ1) is 9.68. The van der Waals surface area contributed by atoms with Gasteiger partial charge in [0.2, 0.25) is 0 Å². The second-order valence-electron chi connectivity index (χ2n) is 3.20. The molecule has 0 radical (unpaired) electrons. The average Bonchev–Trinajstić information content (AvgIpc) is 2.65. The van der Waals surface area contributed by atoms with Gasteiger partial charge in [-0.05, 0) is 18.6 Å². The third kappa shape index (κ3) is 1.96. The second kappa shape index (κ2) is 4.11. The number of aromatic nitrogens is 1. The van der Waals surface area contributed by atoms with Gasteiger partial charge >= 0.3 is 0 Å². The van der Waals surface area contributed by atoms with Crippen LogP contribution in [0.3, 0.4) is 0 Å². The van der Waals surface area contributed by atoms with E-state index in [0.29, 0.717) is 0 Å². The Morgan fingerprint density at radius 2 is 2.43 bits per heavy atom. The molecule has 4 heteroatoms. The molecule has 2 rings (SSSR count). The molecule has 0 amide bonds. The number of thioether (sulfide) groups is 1. The van der Waals surface area contributed by atoms with E-state index in [-0.39, 0.29) is 6.17 Å². The number of aryl methyl sites for hydroxylation is 1. The lowest BCUT2D eigenvalue weighted by Gasteiger charge is -2.00. The number of nitrogens with two attached hydrogens (primary N) is 1. The van der Waals surface area contributed by atoms with Crippen LogP contribution < -0.4 is 5.73 Å². The van der Waals surface area contributed by atoms with Gasteiger partial charge in [-0.2, -0.15) is 0 Å². The Bertz CT molecular complexity index is 345. The molecule has 0 aromatic carbocycles. The lowest BCUT2D eigenvalue weighted by Crippen LogP contribution is -2.15. The summed E-state index contributed by atoms with van der Waals surface area (Å²) in [5.74, 6) is 0.880. The zero-order chi connectivity index (χ0) is 9.97. The number of pyridine rings is 1. The second-order valence-corrected chi connectivity index (χ2v) is 4.21. The maximum absolute atomic E-state index is 5.69. The monoisotopic (exact) mass is 207 g/mol. The minimum atomic E-state index is -0.0409. The van der Waals surface area contributed by atoms with E-state index in [1.54, 1.807) is 11.8 Å². The Morgan fingerprint density at radius 1 is 1.57 bits per heavy atom. The van der Waals surface area contributed by atoms with E-state index in [2.05, 4.69) is 23.0 Å². The van der Waals surface area contributed by atoms with Crippen LogP contribution in [-0.4, -0.2) is 21.9 Å². The third-order valence-electron chi connectivity index (χ3n) is 2.11. The van der Waals surface area contributed by atoms with Gasteiger partial charge in [-0.15, -0.1) is 11.8 Å². The molecule has 0 saturated heterocycles. The molecule has 0 fully saturated rings. The van der Waals surface area contributed by atoms with Gasteiger partial charge in [0.1, 0.15) is 11.2 Å². The van der Waals surface area contributed by atoms with E-state index in [1.807, 2.05) is 12.3 Å². The maximum atomic E-state index is 5.69. The molecular weight excluding hydrogens is 194 g/mol. The van der Waals surface area contributed by atoms with Gasteiger partial charge in [0.05, 0.1) is 0 Å². The van der Waals surface area contributed by atoms with Crippen LogP contribution in [0.25, 0.3) is 0 Å². The number of hydrogen-bond donors (Lipinski definition) is 1. The minimum absolute atomic E-state index is 0.0409. The van der Waals surface area contributed by atoms with Crippen molar-refractivity contribution in [3.05, 3.63) is 29.6 Å². The molecule has 1 unspecified atom stereocenters. The molecule has 0 aliphatic carbocycles. The lowest BCUT2D eigenvalue weighted by molar-refractivity contribution is 0.819. The predicted octanol–water partition coefficient (Wildman–Crippen LogP) is 1.42. The van der Waals surface area contributed by atoms with Crippen molar-refractivity contribution in [2.45, 2.75) is 19.5 Å². The Morgan fingerprint density at radius 3 is 2.93 bits per heavy atom. The SMILES string of the molecule is CCc1ccc(C2=NC(N)CS2)cn1. The van der Waals surface area contributed by atoms with E-state index >= 15 is 0 Å². The van der Waals surface area contributed by atoms with Gasteiger partial charge in [-0.1, -0.05) is 6.92 Å². The van der Waals surface area contributed by atoms with Crippen LogP contribution in [0.1, 0.15) is 18.2 Å². The Kier molecular flexibility index (Phi) is 2.84. The van der Waals surface area contributed by atoms with E-state index in [9.17, 15) is 0 Å². The highest BCUT2D eigenvalue weighted by Gasteiger charge is 2.15. The summed E-state index contributed by atoms with van der Waals surface area (Å²) in [6.45, 7) is 2.10. The van der Waals surface area contributed by atoms with Crippen LogP contribution in [0.5, 0.6) is 0 Å². The summed E-state index contributed by atoms with van der Waals surface area (Å²) in [5, 5.41) is 1.02. The van der Waals surface area contributed by atoms with Crippen molar-refractivity contribution < 1.29 is 0 Å². The summed E-state index contributed by atoms with van der Waals surface area (Å²) in [4.78, 5) is 8.66. The molecule has 2 heterocycles. The van der Waals surface area contributed by atoms with Crippen molar-refractivity contribution in [1.29, 1.82) is 0 Å². The van der Waals surface area contributed by atoms with Crippen molar-refractivity contribution in [3.63, 3.8) is 0 Å². The van der Waals surface area contributed by atoms with Crippen LogP contribution in [-0.2, 0) is 6.42 Å². The van der Waals surface area contributed by atoms with Gasteiger partial charge in [0, 0.05) is 23.2 Å². The molecule has 0 spiro atoms. The molecule has 2 N–H and O–H groups in total. The average molecular weight is 207 g/mol. The molecule has 1 aliphatic rings. The van der Waals surface area contributed by atoms with Crippen molar-refractivity contribution in [1.82, 2.24) is 4.98 Å². The highest BCUT2D eigenvalue weighted by Crippen LogP contribution is 2.20. The van der Waals surface area contributed by atoms with Gasteiger partial charge in [-0.25, -0.2) is 0 Å². The smallest absolute Gasteiger partial charge is 0.108 e. The molecular formula is C10H13N3S. The van der Waals surface area contributed by atoms with Crippen molar-refractivity contribution in [2.75, 3.05) is 5.75 Å². The van der Waals surface area contributed by atoms with E-state index in [1.165, 1.54) is 0 Å². The summed E-state index contributed by atoms with van der Waals surface area (Å²) in [6.07, 6.45) is 2.81. The number of rotatable bonds is 2. The highest BCUT2D eigenvalue weighted by molar-refractivity contribution is 8.14. The Balaban J connectivity index is 2.21. The largest absolute Gasteiger partial charge is 0.309 e. The first-order chi connectivity index (χ1) is 6.79. The highest BCUT2D eigenvalue weighted by atomic mass is 32.2. The first-order valence-electron chi connectivity index (χ1n) is 4.71. The van der Waals surface area contributed by atoms with Gasteiger partial charge < -0.3 is 5.73 Å². The molecule has 1 aromatic rings. The molecule has 1 atom stereocenters. The topological polar surface area (TPSA) is 51.3 Å². The molecule has 3 nitrogen and oxygen atoms in total. The summed E-state index contributed by atoms with van der Waals surface area (Å²) in [6, 6.07) is 4.11. The molecule has 74 valence electrons. The number of hydrogen-bond acceptors (Lipinski definition) is 4. The fourth-order valence-corrected chi connectivity index (χ4v) is 2.21. The fraction of sp³-hybridized carbons (Fsp3) is 0.400. The first-order valence-corrected chi connectivity index (χ1v) is 5.69. The van der Waals surface area contributed by atoms with Gasteiger partial charge in [-0.3, -0.25) is 9.98 Å². The minimum Gasteiger partial charge on any atom is -0.309 e. The van der Waals surface area contributed by atoms with E-state index in [0.717, 1.165) is 28.5 Å². The molecule has 0 saturated carbocycles. The van der Waals surface area contributed by atoms with Crippen molar-refractivity contribution >= 4 is 16.8 Å². The molecule has 14 heavy (non-hydrogen) atoms. The van der Waals surface area contributed by atoms with Gasteiger partial charge in [0.25, 0.3) is 0 Å². The Labute approximate surface area is 87.8 Å². The quantitative estimate of drug-likeness (QED) is 0.798.